The summed E-state index contributed by atoms with van der Waals surface area (Å²) in [5.41, 5.74) is 4.96. The molecule has 5 heteroatoms. The highest BCUT2D eigenvalue weighted by Gasteiger charge is 2.35. The van der Waals surface area contributed by atoms with Gasteiger partial charge in [-0.25, -0.2) is 0 Å². The van der Waals surface area contributed by atoms with E-state index >= 15 is 0 Å². The van der Waals surface area contributed by atoms with Gasteiger partial charge in [0, 0.05) is 23.6 Å². The molecule has 1 saturated carbocycles. The molecule has 0 heterocycles. The average Bonchev–Trinajstić information content (AvgIpc) is 3.09. The van der Waals surface area contributed by atoms with E-state index in [1.807, 2.05) is 30.3 Å². The summed E-state index contributed by atoms with van der Waals surface area (Å²) in [6, 6.07) is 9.44. The predicted octanol–water partition coefficient (Wildman–Crippen LogP) is 5.68. The number of para-hydroxylation sites is 1. The lowest BCUT2D eigenvalue weighted by Crippen LogP contribution is -2.32. The molecule has 0 saturated heterocycles. The first-order chi connectivity index (χ1) is 14.9. The highest BCUT2D eigenvalue weighted by atomic mass is 16.4. The van der Waals surface area contributed by atoms with Gasteiger partial charge in [-0.2, -0.15) is 0 Å². The first kappa shape index (κ1) is 23.0. The number of benzene rings is 1. The van der Waals surface area contributed by atoms with Crippen molar-refractivity contribution in [3.05, 3.63) is 52.6 Å². The van der Waals surface area contributed by atoms with Gasteiger partial charge in [0.2, 0.25) is 0 Å². The molecule has 0 aromatic heterocycles. The number of aliphatic carboxylic acids is 1. The van der Waals surface area contributed by atoms with Crippen LogP contribution in [0.4, 0.5) is 5.69 Å². The van der Waals surface area contributed by atoms with Crippen molar-refractivity contribution in [1.82, 2.24) is 0 Å². The van der Waals surface area contributed by atoms with E-state index in [9.17, 15) is 19.5 Å². The number of rotatable bonds is 9. The molecular formula is C26H33NO4. The molecule has 0 bridgehead atoms. The number of ketones is 1. The highest BCUT2D eigenvalue weighted by molar-refractivity contribution is 6.08. The Morgan fingerprint density at radius 1 is 1.06 bits per heavy atom. The lowest BCUT2D eigenvalue weighted by atomic mass is 9.76. The summed E-state index contributed by atoms with van der Waals surface area (Å²) >= 11 is 0. The number of nitrogens with one attached hydrogen (secondary N) is 1. The van der Waals surface area contributed by atoms with Crippen molar-refractivity contribution in [1.29, 1.82) is 0 Å². The van der Waals surface area contributed by atoms with Gasteiger partial charge in [0.15, 0.2) is 0 Å². The van der Waals surface area contributed by atoms with Crippen LogP contribution in [-0.4, -0.2) is 22.8 Å². The van der Waals surface area contributed by atoms with Crippen molar-refractivity contribution in [2.24, 2.45) is 11.8 Å². The zero-order valence-corrected chi connectivity index (χ0v) is 18.6. The molecule has 31 heavy (non-hydrogen) atoms. The molecule has 166 valence electrons. The quantitative estimate of drug-likeness (QED) is 0.535. The second-order valence-electron chi connectivity index (χ2n) is 8.74. The first-order valence-corrected chi connectivity index (χ1v) is 11.4. The predicted molar refractivity (Wildman–Crippen MR) is 122 cm³/mol. The third kappa shape index (κ3) is 5.52. The summed E-state index contributed by atoms with van der Waals surface area (Å²) < 4.78 is 0. The van der Waals surface area contributed by atoms with Crippen LogP contribution in [0.2, 0.25) is 0 Å². The first-order valence-electron chi connectivity index (χ1n) is 11.4. The Balaban J connectivity index is 1.66. The second-order valence-corrected chi connectivity index (χ2v) is 8.74. The third-order valence-corrected chi connectivity index (χ3v) is 6.66. The minimum Gasteiger partial charge on any atom is -0.481 e. The summed E-state index contributed by atoms with van der Waals surface area (Å²) in [5, 5.41) is 12.5. The number of Topliss-reactive ketones (excluding diaryl/α,β-unsaturated/α-hetero) is 1. The van der Waals surface area contributed by atoms with Gasteiger partial charge in [-0.1, -0.05) is 49.1 Å². The number of carbonyl (C=O) groups excluding carboxylic acids is 2. The number of hydrogen-bond donors (Lipinski definition) is 2. The van der Waals surface area contributed by atoms with Gasteiger partial charge in [-0.15, -0.1) is 0 Å². The number of amides is 1. The number of carbonyl (C=O) groups is 3. The Labute approximate surface area is 184 Å². The van der Waals surface area contributed by atoms with Crippen LogP contribution in [0.5, 0.6) is 0 Å². The van der Waals surface area contributed by atoms with Gasteiger partial charge >= 0.3 is 5.97 Å². The van der Waals surface area contributed by atoms with Crippen LogP contribution in [-0.2, 0) is 14.4 Å². The van der Waals surface area contributed by atoms with Crippen LogP contribution in [0.3, 0.4) is 0 Å². The Hall–Kier alpha value is -2.69. The average molecular weight is 424 g/mol. The number of carboxylic acids is 1. The van der Waals surface area contributed by atoms with E-state index in [1.165, 1.54) is 5.57 Å². The van der Waals surface area contributed by atoms with Crippen LogP contribution < -0.4 is 5.32 Å². The normalized spacial score (nSPS) is 21.4. The van der Waals surface area contributed by atoms with Gasteiger partial charge < -0.3 is 10.4 Å². The van der Waals surface area contributed by atoms with Crippen LogP contribution in [0.15, 0.2) is 52.6 Å². The molecule has 0 radical (unpaired) electrons. The Bertz CT molecular complexity index is 897. The third-order valence-electron chi connectivity index (χ3n) is 6.66. The molecule has 0 aliphatic heterocycles. The van der Waals surface area contributed by atoms with Crippen LogP contribution in [0.25, 0.3) is 0 Å². The highest BCUT2D eigenvalue weighted by Crippen LogP contribution is 2.38. The second kappa shape index (κ2) is 10.6. The van der Waals surface area contributed by atoms with Crippen molar-refractivity contribution >= 4 is 23.3 Å². The van der Waals surface area contributed by atoms with Gasteiger partial charge in [0.1, 0.15) is 5.78 Å². The van der Waals surface area contributed by atoms with Crippen molar-refractivity contribution in [3.8, 4) is 0 Å². The molecule has 2 aliphatic rings. The summed E-state index contributed by atoms with van der Waals surface area (Å²) in [6.45, 7) is 4.14. The smallest absolute Gasteiger partial charge is 0.307 e. The Kier molecular flexibility index (Phi) is 7.83. The van der Waals surface area contributed by atoms with Crippen LogP contribution in [0.1, 0.15) is 71.6 Å². The van der Waals surface area contributed by atoms with E-state index in [4.69, 9.17) is 0 Å². The van der Waals surface area contributed by atoms with Crippen LogP contribution in [0, 0.1) is 11.8 Å². The summed E-state index contributed by atoms with van der Waals surface area (Å²) in [4.78, 5) is 37.3. The molecule has 1 amide bonds. The minimum atomic E-state index is -0.844. The maximum absolute atomic E-state index is 13.1. The number of allylic oxidation sites excluding steroid dienone is 2. The van der Waals surface area contributed by atoms with Gasteiger partial charge in [0.25, 0.3) is 5.91 Å². The number of hydrogen-bond acceptors (Lipinski definition) is 3. The zero-order chi connectivity index (χ0) is 22.4. The maximum Gasteiger partial charge on any atom is 0.307 e. The Morgan fingerprint density at radius 2 is 1.74 bits per heavy atom. The van der Waals surface area contributed by atoms with Gasteiger partial charge in [-0.3, -0.25) is 14.4 Å². The fourth-order valence-corrected chi connectivity index (χ4v) is 5.12. The molecule has 1 fully saturated rings. The van der Waals surface area contributed by atoms with E-state index in [0.717, 1.165) is 48.1 Å². The Morgan fingerprint density at radius 3 is 2.39 bits per heavy atom. The van der Waals surface area contributed by atoms with Crippen molar-refractivity contribution in [2.45, 2.75) is 71.6 Å². The minimum absolute atomic E-state index is 0.0707. The SMILES string of the molecule is CCC1=C(C)CC(CCCC(=O)C2CCCCC2C(=O)O)=C1C(=O)Nc1ccccc1. The van der Waals surface area contributed by atoms with Crippen molar-refractivity contribution in [3.63, 3.8) is 0 Å². The standard InChI is InChI=1S/C26H33NO4/c1-3-20-17(2)16-18(24(20)25(29)27-19-11-5-4-6-12-19)10-9-15-23(28)21-13-7-8-14-22(21)26(30)31/h4-6,11-12,21-22H,3,7-10,13-16H2,1-2H3,(H,27,29)(H,30,31). The van der Waals surface area contributed by atoms with E-state index in [-0.39, 0.29) is 17.6 Å². The van der Waals surface area contributed by atoms with Gasteiger partial charge in [-0.05, 0) is 63.2 Å². The fraction of sp³-hybridized carbons (Fsp3) is 0.500. The number of anilines is 1. The molecular weight excluding hydrogens is 390 g/mol. The maximum atomic E-state index is 13.1. The monoisotopic (exact) mass is 423 g/mol. The molecule has 1 aromatic carbocycles. The zero-order valence-electron chi connectivity index (χ0n) is 18.6. The summed E-state index contributed by atoms with van der Waals surface area (Å²) in [7, 11) is 0. The van der Waals surface area contributed by atoms with Gasteiger partial charge in [0.05, 0.1) is 5.92 Å². The summed E-state index contributed by atoms with van der Waals surface area (Å²) in [6.07, 6.45) is 6.40. The van der Waals surface area contributed by atoms with E-state index in [1.54, 1.807) is 0 Å². The largest absolute Gasteiger partial charge is 0.481 e. The molecule has 3 rings (SSSR count). The van der Waals surface area contributed by atoms with Crippen molar-refractivity contribution in [2.75, 3.05) is 5.32 Å². The number of carboxylic acid groups (broad SMARTS) is 1. The van der Waals surface area contributed by atoms with Crippen LogP contribution >= 0.6 is 0 Å². The molecule has 0 spiro atoms. The molecule has 1 aromatic rings. The van der Waals surface area contributed by atoms with E-state index in [2.05, 4.69) is 19.2 Å². The topological polar surface area (TPSA) is 83.5 Å². The fourth-order valence-electron chi connectivity index (χ4n) is 5.12. The molecule has 2 aliphatic carbocycles. The summed E-state index contributed by atoms with van der Waals surface area (Å²) in [5.74, 6) is -1.74. The van der Waals surface area contributed by atoms with Crippen molar-refractivity contribution < 1.29 is 19.5 Å². The molecule has 2 N–H and O–H groups in total. The lowest BCUT2D eigenvalue weighted by molar-refractivity contribution is -0.148. The molecule has 2 unspecified atom stereocenters. The molecule has 5 nitrogen and oxygen atoms in total. The van der Waals surface area contributed by atoms with E-state index in [0.29, 0.717) is 32.1 Å². The lowest BCUT2D eigenvalue weighted by Gasteiger charge is -2.27. The van der Waals surface area contributed by atoms with E-state index < -0.39 is 11.9 Å². The molecule has 2 atom stereocenters.